The minimum absolute atomic E-state index is 0.0655. The third-order valence-corrected chi connectivity index (χ3v) is 5.50. The first kappa shape index (κ1) is 21.6. The molecule has 0 radical (unpaired) electrons. The largest absolute Gasteiger partial charge is 0.342 e. The number of hydrogen-bond donors (Lipinski definition) is 2. The Hall–Kier alpha value is -3.64. The zero-order valence-electron chi connectivity index (χ0n) is 17.8. The van der Waals surface area contributed by atoms with Gasteiger partial charge in [0.15, 0.2) is 0 Å². The summed E-state index contributed by atoms with van der Waals surface area (Å²) in [5, 5.41) is 6.24. The van der Waals surface area contributed by atoms with E-state index in [4.69, 9.17) is 11.6 Å². The highest BCUT2D eigenvalue weighted by Crippen LogP contribution is 2.22. The fourth-order valence-electron chi connectivity index (χ4n) is 3.56. The predicted molar refractivity (Wildman–Crippen MR) is 127 cm³/mol. The number of aryl methyl sites for hydroxylation is 1. The molecule has 1 atom stereocenters. The molecule has 7 heteroatoms. The van der Waals surface area contributed by atoms with Crippen LogP contribution in [0.25, 0.3) is 11.0 Å². The lowest BCUT2D eigenvalue weighted by atomic mass is 10.2. The maximum Gasteiger partial charge on any atom is 0.253 e. The summed E-state index contributed by atoms with van der Waals surface area (Å²) in [6.07, 6.45) is 0. The summed E-state index contributed by atoms with van der Waals surface area (Å²) in [5.41, 5.74) is 3.81. The molecular weight excluding hydrogens is 424 g/mol. The van der Waals surface area contributed by atoms with Gasteiger partial charge in [0.25, 0.3) is 5.91 Å². The predicted octanol–water partition coefficient (Wildman–Crippen LogP) is 5.13. The fraction of sp³-hybridized carbons (Fsp3) is 0.160. The van der Waals surface area contributed by atoms with Gasteiger partial charge in [-0.3, -0.25) is 9.59 Å². The Morgan fingerprint density at radius 1 is 1.00 bits per heavy atom. The SMILES string of the molecule is Cc1ccc(NC(=O)Cn2c(C(C)NC(=O)c3ccccc3Cl)nc3ccccc32)cc1. The first-order chi connectivity index (χ1) is 15.4. The summed E-state index contributed by atoms with van der Waals surface area (Å²) < 4.78 is 1.83. The van der Waals surface area contributed by atoms with Gasteiger partial charge >= 0.3 is 0 Å². The van der Waals surface area contributed by atoms with Crippen molar-refractivity contribution in [2.24, 2.45) is 0 Å². The van der Waals surface area contributed by atoms with E-state index >= 15 is 0 Å². The molecule has 1 heterocycles. The number of benzene rings is 3. The van der Waals surface area contributed by atoms with Crippen LogP contribution in [0.2, 0.25) is 5.02 Å². The van der Waals surface area contributed by atoms with Gasteiger partial charge in [0, 0.05) is 5.69 Å². The second-order valence-corrected chi connectivity index (χ2v) is 8.04. The van der Waals surface area contributed by atoms with E-state index in [2.05, 4.69) is 15.6 Å². The molecule has 32 heavy (non-hydrogen) atoms. The second kappa shape index (κ2) is 9.24. The minimum atomic E-state index is -0.446. The molecule has 1 aromatic heterocycles. The standard InChI is InChI=1S/C25H23ClN4O2/c1-16-11-13-18(14-12-16)28-23(31)15-30-22-10-6-5-9-21(22)29-24(30)17(2)27-25(32)19-7-3-4-8-20(19)26/h3-14,17H,15H2,1-2H3,(H,27,32)(H,28,31). The number of carbonyl (C=O) groups excluding carboxylic acids is 2. The molecule has 2 amide bonds. The monoisotopic (exact) mass is 446 g/mol. The first-order valence-corrected chi connectivity index (χ1v) is 10.7. The molecule has 0 bridgehead atoms. The van der Waals surface area contributed by atoms with E-state index in [1.807, 2.05) is 66.9 Å². The lowest BCUT2D eigenvalue weighted by Gasteiger charge is -2.17. The van der Waals surface area contributed by atoms with E-state index < -0.39 is 6.04 Å². The lowest BCUT2D eigenvalue weighted by Crippen LogP contribution is -2.30. The van der Waals surface area contributed by atoms with Gasteiger partial charge in [-0.1, -0.05) is 53.6 Å². The summed E-state index contributed by atoms with van der Waals surface area (Å²) in [7, 11) is 0. The highest BCUT2D eigenvalue weighted by atomic mass is 35.5. The van der Waals surface area contributed by atoms with Gasteiger partial charge in [0.1, 0.15) is 12.4 Å². The van der Waals surface area contributed by atoms with Gasteiger partial charge in [-0.15, -0.1) is 0 Å². The van der Waals surface area contributed by atoms with Crippen LogP contribution < -0.4 is 10.6 Å². The topological polar surface area (TPSA) is 76.0 Å². The van der Waals surface area contributed by atoms with Crippen LogP contribution in [0.3, 0.4) is 0 Å². The maximum atomic E-state index is 12.8. The quantitative estimate of drug-likeness (QED) is 0.431. The van der Waals surface area contributed by atoms with Gasteiger partial charge in [0.2, 0.25) is 5.91 Å². The van der Waals surface area contributed by atoms with Crippen molar-refractivity contribution < 1.29 is 9.59 Å². The summed E-state index contributed by atoms with van der Waals surface area (Å²) in [5.74, 6) is 0.111. The lowest BCUT2D eigenvalue weighted by molar-refractivity contribution is -0.116. The van der Waals surface area contributed by atoms with Crippen LogP contribution in [0.4, 0.5) is 5.69 Å². The van der Waals surface area contributed by atoms with Crippen molar-refractivity contribution in [1.29, 1.82) is 0 Å². The molecule has 2 N–H and O–H groups in total. The van der Waals surface area contributed by atoms with E-state index in [1.165, 1.54) is 0 Å². The third-order valence-electron chi connectivity index (χ3n) is 5.17. The molecular formula is C25H23ClN4O2. The smallest absolute Gasteiger partial charge is 0.253 e. The van der Waals surface area contributed by atoms with Crippen LogP contribution in [0.5, 0.6) is 0 Å². The Bertz CT molecular complexity index is 1280. The van der Waals surface area contributed by atoms with Crippen molar-refractivity contribution in [3.05, 3.63) is 94.8 Å². The molecule has 4 rings (SSSR count). The number of nitrogens with zero attached hydrogens (tertiary/aromatic N) is 2. The van der Waals surface area contributed by atoms with Crippen LogP contribution in [-0.2, 0) is 11.3 Å². The van der Waals surface area contributed by atoms with E-state index in [0.717, 1.165) is 22.3 Å². The van der Waals surface area contributed by atoms with Crippen molar-refractivity contribution in [2.45, 2.75) is 26.4 Å². The first-order valence-electron chi connectivity index (χ1n) is 10.3. The Morgan fingerprint density at radius 3 is 2.44 bits per heavy atom. The Balaban J connectivity index is 1.59. The molecule has 162 valence electrons. The average Bonchev–Trinajstić information content (AvgIpc) is 3.14. The van der Waals surface area contributed by atoms with Crippen molar-refractivity contribution in [2.75, 3.05) is 5.32 Å². The number of imidazole rings is 1. The second-order valence-electron chi connectivity index (χ2n) is 7.63. The van der Waals surface area contributed by atoms with Crippen LogP contribution in [-0.4, -0.2) is 21.4 Å². The number of amides is 2. The molecule has 0 aliphatic carbocycles. The molecule has 0 fully saturated rings. The number of para-hydroxylation sites is 2. The molecule has 0 saturated carbocycles. The highest BCUT2D eigenvalue weighted by Gasteiger charge is 2.21. The molecule has 1 unspecified atom stereocenters. The van der Waals surface area contributed by atoms with Crippen LogP contribution in [0, 0.1) is 6.92 Å². The number of aromatic nitrogens is 2. The van der Waals surface area contributed by atoms with Gasteiger partial charge in [-0.05, 0) is 50.2 Å². The van der Waals surface area contributed by atoms with E-state index in [0.29, 0.717) is 16.4 Å². The Morgan fingerprint density at radius 2 is 1.69 bits per heavy atom. The number of fused-ring (bicyclic) bond motifs is 1. The molecule has 6 nitrogen and oxygen atoms in total. The van der Waals surface area contributed by atoms with Gasteiger partial charge in [0.05, 0.1) is 27.7 Å². The zero-order chi connectivity index (χ0) is 22.7. The molecule has 0 aliphatic heterocycles. The summed E-state index contributed by atoms with van der Waals surface area (Å²) in [6, 6.07) is 21.6. The molecule has 4 aromatic rings. The number of halogens is 1. The number of carbonyl (C=O) groups is 2. The molecule has 3 aromatic carbocycles. The van der Waals surface area contributed by atoms with Crippen molar-refractivity contribution in [3.8, 4) is 0 Å². The number of hydrogen-bond acceptors (Lipinski definition) is 3. The Kier molecular flexibility index (Phi) is 6.23. The maximum absolute atomic E-state index is 12.8. The number of nitrogens with one attached hydrogen (secondary N) is 2. The zero-order valence-corrected chi connectivity index (χ0v) is 18.6. The van der Waals surface area contributed by atoms with Gasteiger partial charge < -0.3 is 15.2 Å². The summed E-state index contributed by atoms with van der Waals surface area (Å²) in [6.45, 7) is 3.90. The minimum Gasteiger partial charge on any atom is -0.342 e. The highest BCUT2D eigenvalue weighted by molar-refractivity contribution is 6.33. The van der Waals surface area contributed by atoms with Crippen LogP contribution >= 0.6 is 11.6 Å². The Labute approximate surface area is 191 Å². The fourth-order valence-corrected chi connectivity index (χ4v) is 3.78. The van der Waals surface area contributed by atoms with Crippen LogP contribution in [0.15, 0.2) is 72.8 Å². The van der Waals surface area contributed by atoms with E-state index in [1.54, 1.807) is 24.3 Å². The number of anilines is 1. The van der Waals surface area contributed by atoms with E-state index in [-0.39, 0.29) is 18.4 Å². The van der Waals surface area contributed by atoms with E-state index in [9.17, 15) is 9.59 Å². The summed E-state index contributed by atoms with van der Waals surface area (Å²) >= 11 is 6.17. The third kappa shape index (κ3) is 4.65. The van der Waals surface area contributed by atoms with Crippen molar-refractivity contribution >= 4 is 40.1 Å². The van der Waals surface area contributed by atoms with Crippen LogP contribution in [0.1, 0.15) is 34.7 Å². The molecule has 0 aliphatic rings. The van der Waals surface area contributed by atoms with Crippen molar-refractivity contribution in [1.82, 2.24) is 14.9 Å². The van der Waals surface area contributed by atoms with Crippen molar-refractivity contribution in [3.63, 3.8) is 0 Å². The average molecular weight is 447 g/mol. The normalized spacial score (nSPS) is 11.8. The summed E-state index contributed by atoms with van der Waals surface area (Å²) in [4.78, 5) is 30.3. The van der Waals surface area contributed by atoms with Gasteiger partial charge in [-0.2, -0.15) is 0 Å². The molecule has 0 spiro atoms. The van der Waals surface area contributed by atoms with Gasteiger partial charge in [-0.25, -0.2) is 4.98 Å². The molecule has 0 saturated heterocycles. The number of rotatable bonds is 6.